The van der Waals surface area contributed by atoms with Crippen LogP contribution in [0, 0.1) is 0 Å². The molecule has 0 fully saturated rings. The summed E-state index contributed by atoms with van der Waals surface area (Å²) in [6, 6.07) is 16.4. The van der Waals surface area contributed by atoms with Gasteiger partial charge in [0.2, 0.25) is 35.7 Å². The third kappa shape index (κ3) is 16.0. The van der Waals surface area contributed by atoms with E-state index in [1.54, 1.807) is 0 Å². The molecule has 6 aromatic rings. The first-order chi connectivity index (χ1) is 31.1. The van der Waals surface area contributed by atoms with Crippen LogP contribution < -0.4 is 31.9 Å². The summed E-state index contributed by atoms with van der Waals surface area (Å²) in [6.07, 6.45) is 2.14. The summed E-state index contributed by atoms with van der Waals surface area (Å²) in [7, 11) is -20.1. The van der Waals surface area contributed by atoms with Crippen molar-refractivity contribution < 1.29 is 62.1 Å². The van der Waals surface area contributed by atoms with Gasteiger partial charge >= 0.3 is 75.5 Å². The van der Waals surface area contributed by atoms with Crippen LogP contribution in [-0.2, 0) is 40.5 Å². The summed E-state index contributed by atoms with van der Waals surface area (Å²) in [5.74, 6) is -1.14. The van der Waals surface area contributed by atoms with Crippen molar-refractivity contribution in [3.05, 3.63) is 96.1 Å². The van der Waals surface area contributed by atoms with Crippen LogP contribution in [0.25, 0.3) is 12.2 Å². The normalized spacial score (nSPS) is 11.8. The second-order valence-corrected chi connectivity index (χ2v) is 18.6. The van der Waals surface area contributed by atoms with E-state index in [9.17, 15) is 62.1 Å². The van der Waals surface area contributed by atoms with Crippen LogP contribution in [-0.4, -0.2) is 194 Å². The average molecular weight is 1070 g/mol. The minimum atomic E-state index is -5.25. The molecule has 0 aliphatic heterocycles. The van der Waals surface area contributed by atoms with Gasteiger partial charge in [-0.3, -0.25) is 0 Å². The maximum Gasteiger partial charge on any atom is 2.00 e. The summed E-state index contributed by atoms with van der Waals surface area (Å²) < 4.78 is 144. The Morgan fingerprint density at radius 1 is 0.426 bits per heavy atom. The van der Waals surface area contributed by atoms with Gasteiger partial charge in [-0.15, -0.1) is 0 Å². The van der Waals surface area contributed by atoms with E-state index in [1.165, 1.54) is 48.5 Å². The number of anilines is 10. The zero-order chi connectivity index (χ0) is 47.9. The number of aliphatic hydroxyl groups is 2. The predicted molar refractivity (Wildman–Crippen MR) is 242 cm³/mol. The largest absolute Gasteiger partial charge is 2.00 e. The molecular weight excluding hydrogens is 1030 g/mol. The van der Waals surface area contributed by atoms with Crippen LogP contribution in [0.3, 0.4) is 0 Å². The van der Waals surface area contributed by atoms with Gasteiger partial charge in [-0.2, -0.15) is 29.9 Å². The van der Waals surface area contributed by atoms with Gasteiger partial charge in [0.05, 0.1) is 32.8 Å². The third-order valence-corrected chi connectivity index (χ3v) is 11.8. The summed E-state index contributed by atoms with van der Waals surface area (Å²) in [4.78, 5) is 22.2. The molecule has 32 heteroatoms. The topological polar surface area (TPSA) is 419 Å². The number of benzene rings is 4. The molecule has 26 nitrogen and oxygen atoms in total. The van der Waals surface area contributed by atoms with Crippen molar-refractivity contribution in [1.29, 1.82) is 0 Å². The van der Waals surface area contributed by atoms with Gasteiger partial charge in [0.25, 0.3) is 0 Å². The number of hydrogen-bond donors (Lipinski definition) is 8. The number of rotatable bonds is 20. The number of aromatic nitrogens is 6. The zero-order valence-corrected chi connectivity index (χ0v) is 42.3. The fourth-order valence-electron chi connectivity index (χ4n) is 5.56. The molecule has 68 heavy (non-hydrogen) atoms. The van der Waals surface area contributed by atoms with Crippen LogP contribution in [0.2, 0.25) is 0 Å². The Bertz CT molecular complexity index is 3070. The van der Waals surface area contributed by atoms with E-state index in [2.05, 4.69) is 61.8 Å². The molecule has 0 atom stereocenters. The Balaban J connectivity index is 0.00000504. The molecule has 0 saturated heterocycles. The van der Waals surface area contributed by atoms with Gasteiger partial charge in [-0.1, -0.05) is 36.4 Å². The standard InChI is InChI=1S/C36H36N12O14S4.2Ca/c49-15-13-37-31-43-33(39-23-3-1-5-27(17-23)63(51,52)53)47-35(45-31)41-25-11-9-21(29(19-25)65(57,58)59)7-8-22-10-12-26(20-30(22)66(60,61)62)42-36-46-32(38-14-16-50)44-34(48-36)40-24-4-2-6-28(18-24)64(54,55)56;;/h1-12,17-20,49-50H,13-16H2,(H,51,52,53)(H,54,55,56)(H,57,58,59)(H,60,61,62)(H3,37,39,41,43,45,47)(H3,38,40,42,44,46,48);;/q;2*+2/p-4. The Labute approximate surface area is 447 Å². The second-order valence-electron chi connectivity index (χ2n) is 13.1. The van der Waals surface area contributed by atoms with E-state index in [0.717, 1.165) is 48.6 Å². The molecule has 8 N–H and O–H groups in total. The fourth-order valence-corrected chi connectivity index (χ4v) is 7.98. The summed E-state index contributed by atoms with van der Waals surface area (Å²) >= 11 is 0. The molecule has 2 aromatic heterocycles. The first-order valence-corrected chi connectivity index (χ1v) is 24.0. The zero-order valence-electron chi connectivity index (χ0n) is 34.6. The molecule has 6 rings (SSSR count). The van der Waals surface area contributed by atoms with Gasteiger partial charge in [0.15, 0.2) is 0 Å². The Morgan fingerprint density at radius 3 is 1.03 bits per heavy atom. The predicted octanol–water partition coefficient (Wildman–Crippen LogP) is 0.865. The summed E-state index contributed by atoms with van der Waals surface area (Å²) in [5.41, 5.74) is -0.420. The van der Waals surface area contributed by atoms with E-state index in [0.29, 0.717) is 0 Å². The molecule has 2 heterocycles. The van der Waals surface area contributed by atoms with Crippen molar-refractivity contribution in [3.63, 3.8) is 0 Å². The van der Waals surface area contributed by atoms with Crippen molar-refractivity contribution >= 4 is 187 Å². The molecular formula is C36H32Ca2N12O14S4. The maximum atomic E-state index is 12.5. The molecule has 4 aromatic carbocycles. The van der Waals surface area contributed by atoms with Gasteiger partial charge in [0, 0.05) is 35.8 Å². The quantitative estimate of drug-likeness (QED) is 0.0299. The molecule has 0 unspecified atom stereocenters. The first-order valence-electron chi connectivity index (χ1n) is 18.4. The fraction of sp³-hybridized carbons (Fsp3) is 0.111. The van der Waals surface area contributed by atoms with Gasteiger partial charge in [-0.25, -0.2) is 33.7 Å². The van der Waals surface area contributed by atoms with Crippen molar-refractivity contribution in [2.45, 2.75) is 19.6 Å². The van der Waals surface area contributed by atoms with E-state index < -0.39 is 60.1 Å². The van der Waals surface area contributed by atoms with Crippen LogP contribution in [0.4, 0.5) is 58.4 Å². The number of hydrogen-bond acceptors (Lipinski definition) is 26. The molecule has 0 spiro atoms. The molecule has 0 saturated carbocycles. The molecule has 0 radical (unpaired) electrons. The smallest absolute Gasteiger partial charge is 0.744 e. The van der Waals surface area contributed by atoms with Crippen molar-refractivity contribution in [2.75, 3.05) is 58.2 Å². The molecule has 0 aliphatic rings. The van der Waals surface area contributed by atoms with Crippen molar-refractivity contribution in [3.8, 4) is 0 Å². The van der Waals surface area contributed by atoms with Crippen LogP contribution >= 0.6 is 0 Å². The third-order valence-electron chi connectivity index (χ3n) is 8.34. The van der Waals surface area contributed by atoms with Gasteiger partial charge in [-0.05, 0) is 71.8 Å². The average Bonchev–Trinajstić information content (AvgIpc) is 3.23. The minimum absolute atomic E-state index is 0. The van der Waals surface area contributed by atoms with Gasteiger partial charge < -0.3 is 60.3 Å². The molecule has 0 bridgehead atoms. The van der Waals surface area contributed by atoms with Crippen LogP contribution in [0.1, 0.15) is 11.1 Å². The SMILES string of the molecule is O=S(=O)([O-])c1cccc(Nc2nc(NCCO)nc(Nc3ccc(C=Cc4ccc(Nc5nc(NCCO)nc(Nc6cccc(S(=O)(=O)[O-])c6)n5)cc4S(=O)(=O)[O-])c(S(=O)(=O)[O-])c3)n2)c1.[Ca+2].[Ca+2]. The second kappa shape index (κ2) is 23.9. The first kappa shape index (κ1) is 56.1. The van der Waals surface area contributed by atoms with Crippen LogP contribution in [0.5, 0.6) is 0 Å². The monoisotopic (exact) mass is 1060 g/mol. The summed E-state index contributed by atoms with van der Waals surface area (Å²) in [5, 5.41) is 34.8. The Hall–Kier alpha value is -4.48. The Morgan fingerprint density at radius 2 is 0.735 bits per heavy atom. The van der Waals surface area contributed by atoms with E-state index in [1.807, 2.05) is 0 Å². The van der Waals surface area contributed by atoms with Crippen molar-refractivity contribution in [2.24, 2.45) is 0 Å². The molecule has 0 aliphatic carbocycles. The van der Waals surface area contributed by atoms with E-state index >= 15 is 0 Å². The number of nitrogens with zero attached hydrogens (tertiary/aromatic N) is 6. The summed E-state index contributed by atoms with van der Waals surface area (Å²) in [6.45, 7) is -0.722. The Kier molecular flexibility index (Phi) is 19.7. The molecule has 348 valence electrons. The van der Waals surface area contributed by atoms with Gasteiger partial charge in [0.1, 0.15) is 40.5 Å². The maximum absolute atomic E-state index is 12.5. The number of nitrogens with one attached hydrogen (secondary N) is 6. The minimum Gasteiger partial charge on any atom is -0.744 e. The van der Waals surface area contributed by atoms with E-state index in [4.69, 9.17) is 0 Å². The van der Waals surface area contributed by atoms with Crippen LogP contribution in [0.15, 0.2) is 105 Å². The van der Waals surface area contributed by atoms with Crippen molar-refractivity contribution in [1.82, 2.24) is 29.9 Å². The number of aliphatic hydroxyl groups excluding tert-OH is 2. The molecule has 0 amide bonds. The van der Waals surface area contributed by atoms with E-state index in [-0.39, 0.29) is 171 Å².